The quantitative estimate of drug-likeness (QED) is 0.265. The van der Waals surface area contributed by atoms with Crippen molar-refractivity contribution in [1.82, 2.24) is 19.7 Å². The molecule has 5 rings (SSSR count). The van der Waals surface area contributed by atoms with Gasteiger partial charge in [0.15, 0.2) is 4.90 Å². The van der Waals surface area contributed by atoms with Gasteiger partial charge in [-0.15, -0.1) is 0 Å². The molecular formula is C28H29F2N5O5S. The number of aryl methyl sites for hydroxylation is 1. The molecule has 13 heteroatoms. The molecule has 2 atom stereocenters. The molecule has 1 fully saturated rings. The smallest absolute Gasteiger partial charge is 0.271 e. The van der Waals surface area contributed by atoms with Crippen molar-refractivity contribution in [3.8, 4) is 17.2 Å². The Labute approximate surface area is 236 Å². The van der Waals surface area contributed by atoms with Crippen LogP contribution in [0.5, 0.6) is 17.2 Å². The second-order valence-corrected chi connectivity index (χ2v) is 11.3. The lowest BCUT2D eigenvalue weighted by Gasteiger charge is -2.25. The molecule has 2 aromatic heterocycles. The highest BCUT2D eigenvalue weighted by atomic mass is 32.2. The van der Waals surface area contributed by atoms with Crippen LogP contribution in [0.25, 0.3) is 0 Å². The van der Waals surface area contributed by atoms with Gasteiger partial charge in [-0.2, -0.15) is 5.10 Å². The first-order chi connectivity index (χ1) is 19.7. The predicted octanol–water partition coefficient (Wildman–Crippen LogP) is 4.62. The predicted molar refractivity (Wildman–Crippen MR) is 146 cm³/mol. The Kier molecular flexibility index (Phi) is 8.06. The van der Waals surface area contributed by atoms with E-state index in [9.17, 15) is 8.42 Å². The average Bonchev–Trinajstić information content (AvgIpc) is 3.59. The number of halogens is 2. The summed E-state index contributed by atoms with van der Waals surface area (Å²) in [5.41, 5.74) is 1.38. The third kappa shape index (κ3) is 5.67. The minimum Gasteiger partial charge on any atom is -0.497 e. The second-order valence-electron chi connectivity index (χ2n) is 9.55. The fourth-order valence-corrected chi connectivity index (χ4v) is 6.64. The molecule has 2 aromatic carbocycles. The Morgan fingerprint density at radius 2 is 1.78 bits per heavy atom. The normalized spacial score (nSPS) is 16.9. The van der Waals surface area contributed by atoms with E-state index >= 15 is 8.78 Å². The van der Waals surface area contributed by atoms with Crippen LogP contribution in [0.1, 0.15) is 36.4 Å². The molecule has 2 heterocycles. The van der Waals surface area contributed by atoms with Gasteiger partial charge in [0, 0.05) is 60.9 Å². The molecule has 0 amide bonds. The van der Waals surface area contributed by atoms with Crippen molar-refractivity contribution in [3.63, 3.8) is 0 Å². The Morgan fingerprint density at radius 3 is 2.41 bits per heavy atom. The van der Waals surface area contributed by atoms with Gasteiger partial charge in [-0.25, -0.2) is 31.5 Å². The van der Waals surface area contributed by atoms with Crippen molar-refractivity contribution in [2.75, 3.05) is 18.5 Å². The number of sulfonamides is 1. The zero-order valence-corrected chi connectivity index (χ0v) is 23.5. The van der Waals surface area contributed by atoms with Crippen LogP contribution < -0.4 is 18.5 Å². The van der Waals surface area contributed by atoms with Gasteiger partial charge in [-0.05, 0) is 37.5 Å². The number of ether oxygens (including phenoxy) is 3. The first-order valence-electron chi connectivity index (χ1n) is 12.9. The molecule has 41 heavy (non-hydrogen) atoms. The van der Waals surface area contributed by atoms with Crippen LogP contribution in [0, 0.1) is 11.6 Å². The van der Waals surface area contributed by atoms with Crippen LogP contribution in [0.2, 0.25) is 0 Å². The van der Waals surface area contributed by atoms with Crippen molar-refractivity contribution < 1.29 is 31.4 Å². The standard InChI is InChI=1S/C28H29F2N5O5S/c1-34-24(9-12-33-34)21-5-4-6-25(21)40-20-13-22(29)28(23(30)14-20)41(36,37)35(27-10-11-31-17-32-27)16-18-7-8-19(38-2)15-26(18)39-3/h7-15,17,21,25H,4-6,16H2,1-3H3/t21-,25+/m1/s1. The summed E-state index contributed by atoms with van der Waals surface area (Å²) in [5, 5.41) is 4.21. The van der Waals surface area contributed by atoms with E-state index in [0.717, 1.165) is 41.3 Å². The maximum atomic E-state index is 15.6. The number of aromatic nitrogens is 4. The van der Waals surface area contributed by atoms with Crippen molar-refractivity contribution >= 4 is 15.8 Å². The number of hydrogen-bond acceptors (Lipinski definition) is 8. The summed E-state index contributed by atoms with van der Waals surface area (Å²) < 4.78 is 78.1. The van der Waals surface area contributed by atoms with Crippen LogP contribution in [-0.4, -0.2) is 48.5 Å². The molecule has 1 saturated carbocycles. The number of methoxy groups -OCH3 is 2. The summed E-state index contributed by atoms with van der Waals surface area (Å²) in [4.78, 5) is 6.74. The minimum atomic E-state index is -4.81. The van der Waals surface area contributed by atoms with Gasteiger partial charge in [0.05, 0.1) is 20.8 Å². The van der Waals surface area contributed by atoms with E-state index < -0.39 is 26.6 Å². The largest absolute Gasteiger partial charge is 0.497 e. The van der Waals surface area contributed by atoms with Gasteiger partial charge >= 0.3 is 0 Å². The zero-order chi connectivity index (χ0) is 29.1. The summed E-state index contributed by atoms with van der Waals surface area (Å²) >= 11 is 0. The van der Waals surface area contributed by atoms with Gasteiger partial charge in [-0.3, -0.25) is 4.68 Å². The topological polar surface area (TPSA) is 109 Å². The molecule has 0 bridgehead atoms. The Balaban J connectivity index is 1.49. The third-order valence-electron chi connectivity index (χ3n) is 7.13. The lowest BCUT2D eigenvalue weighted by Crippen LogP contribution is -2.33. The van der Waals surface area contributed by atoms with Crippen LogP contribution >= 0.6 is 0 Å². The number of anilines is 1. The highest BCUT2D eigenvalue weighted by Gasteiger charge is 2.36. The molecule has 0 aliphatic heterocycles. The minimum absolute atomic E-state index is 0.00948. The summed E-state index contributed by atoms with van der Waals surface area (Å²) in [7, 11) is -0.0804. The van der Waals surface area contributed by atoms with Gasteiger partial charge in [0.25, 0.3) is 10.0 Å². The number of nitrogens with zero attached hydrogens (tertiary/aromatic N) is 5. The lowest BCUT2D eigenvalue weighted by molar-refractivity contribution is 0.185. The molecule has 1 aliphatic carbocycles. The third-order valence-corrected chi connectivity index (χ3v) is 8.93. The first kappa shape index (κ1) is 28.3. The van der Waals surface area contributed by atoms with E-state index in [2.05, 4.69) is 15.1 Å². The SMILES string of the molecule is COc1ccc(CN(c2ccncn2)S(=O)(=O)c2c(F)cc(O[C@H]3CCC[C@@H]3c3ccnn3C)cc2F)c(OC)c1. The molecule has 10 nitrogen and oxygen atoms in total. The summed E-state index contributed by atoms with van der Waals surface area (Å²) in [6.45, 7) is -0.335. The number of benzene rings is 2. The van der Waals surface area contributed by atoms with Gasteiger partial charge in [-0.1, -0.05) is 0 Å². The fraction of sp³-hybridized carbons (Fsp3) is 0.321. The maximum Gasteiger partial charge on any atom is 0.271 e. The molecular weight excluding hydrogens is 556 g/mol. The average molecular weight is 586 g/mol. The van der Waals surface area contributed by atoms with Gasteiger partial charge in [0.2, 0.25) is 0 Å². The molecule has 216 valence electrons. The van der Waals surface area contributed by atoms with E-state index in [1.54, 1.807) is 29.1 Å². The van der Waals surface area contributed by atoms with Crippen molar-refractivity contribution in [1.29, 1.82) is 0 Å². The summed E-state index contributed by atoms with van der Waals surface area (Å²) in [6, 6.07) is 9.84. The molecule has 0 radical (unpaired) electrons. The monoisotopic (exact) mass is 585 g/mol. The summed E-state index contributed by atoms with van der Waals surface area (Å²) in [6.07, 6.45) is 6.23. The van der Waals surface area contributed by atoms with Crippen LogP contribution in [0.4, 0.5) is 14.6 Å². The van der Waals surface area contributed by atoms with Crippen LogP contribution in [0.3, 0.4) is 0 Å². The van der Waals surface area contributed by atoms with Gasteiger partial charge in [0.1, 0.15) is 47.1 Å². The van der Waals surface area contributed by atoms with Crippen molar-refractivity contribution in [3.05, 3.63) is 84.1 Å². The molecule has 0 N–H and O–H groups in total. The highest BCUT2D eigenvalue weighted by Crippen LogP contribution is 2.38. The zero-order valence-electron chi connectivity index (χ0n) is 22.7. The molecule has 0 spiro atoms. The first-order valence-corrected chi connectivity index (χ1v) is 14.3. The maximum absolute atomic E-state index is 15.6. The van der Waals surface area contributed by atoms with Crippen molar-refractivity contribution in [2.24, 2.45) is 7.05 Å². The lowest BCUT2D eigenvalue weighted by atomic mass is 10.0. The van der Waals surface area contributed by atoms with E-state index in [0.29, 0.717) is 23.5 Å². The fourth-order valence-electron chi connectivity index (χ4n) is 5.15. The second kappa shape index (κ2) is 11.7. The van der Waals surface area contributed by atoms with E-state index in [4.69, 9.17) is 14.2 Å². The molecule has 1 aliphatic rings. The van der Waals surface area contributed by atoms with Gasteiger partial charge < -0.3 is 14.2 Å². The van der Waals surface area contributed by atoms with Crippen molar-refractivity contribution in [2.45, 2.75) is 42.7 Å². The van der Waals surface area contributed by atoms with Crippen LogP contribution in [0.15, 0.2) is 66.1 Å². The highest BCUT2D eigenvalue weighted by molar-refractivity contribution is 7.92. The summed E-state index contributed by atoms with van der Waals surface area (Å²) in [5.74, 6) is -1.94. The molecule has 4 aromatic rings. The number of hydrogen-bond donors (Lipinski definition) is 0. The Bertz CT molecular complexity index is 1610. The molecule has 0 saturated heterocycles. The number of rotatable bonds is 10. The molecule has 0 unspecified atom stereocenters. The van der Waals surface area contributed by atoms with E-state index in [1.807, 2.05) is 13.1 Å². The van der Waals surface area contributed by atoms with E-state index in [-0.39, 0.29) is 30.1 Å². The Hall–Kier alpha value is -4.26. The van der Waals surface area contributed by atoms with Crippen LogP contribution in [-0.2, 0) is 23.6 Å². The van der Waals surface area contributed by atoms with E-state index in [1.165, 1.54) is 26.5 Å². The Morgan fingerprint density at radius 1 is 1.00 bits per heavy atom.